The molecule has 3 aromatic rings. The number of carbonyl (C=O) groups excluding carboxylic acids is 3. The second-order valence-corrected chi connectivity index (χ2v) is 10.2. The second-order valence-electron chi connectivity index (χ2n) is 10.2. The van der Waals surface area contributed by atoms with Crippen molar-refractivity contribution in [1.82, 2.24) is 24.5 Å². The Morgan fingerprint density at radius 2 is 1.45 bits per heavy atom. The van der Waals surface area contributed by atoms with Crippen LogP contribution in [0.15, 0.2) is 54.6 Å². The number of carbonyl (C=O) groups is 3. The summed E-state index contributed by atoms with van der Waals surface area (Å²) in [5.41, 5.74) is 5.51. The molecule has 1 fully saturated rings. The molecule has 0 aliphatic carbocycles. The summed E-state index contributed by atoms with van der Waals surface area (Å²) in [7, 11) is 0. The molecule has 0 spiro atoms. The molecule has 1 aromatic heterocycles. The molecule has 2 aromatic carbocycles. The van der Waals surface area contributed by atoms with E-state index < -0.39 is 0 Å². The van der Waals surface area contributed by atoms with Gasteiger partial charge in [0, 0.05) is 56.9 Å². The highest BCUT2D eigenvalue weighted by Crippen LogP contribution is 2.23. The molecule has 8 heteroatoms. The van der Waals surface area contributed by atoms with Crippen molar-refractivity contribution in [2.45, 2.75) is 46.1 Å². The number of rotatable bonds is 9. The minimum absolute atomic E-state index is 0.189. The number of aromatic nitrogens is 2. The zero-order valence-electron chi connectivity index (χ0n) is 22.2. The fraction of sp³-hybridized carbons (Fsp3) is 0.400. The lowest BCUT2D eigenvalue weighted by molar-refractivity contribution is -0.133. The maximum atomic E-state index is 12.8. The van der Waals surface area contributed by atoms with Crippen molar-refractivity contribution < 1.29 is 14.4 Å². The number of imide groups is 1. The smallest absolute Gasteiger partial charge is 0.261 e. The summed E-state index contributed by atoms with van der Waals surface area (Å²) in [5.74, 6) is -0.232. The number of hydrogen-bond donors (Lipinski definition) is 0. The van der Waals surface area contributed by atoms with Crippen molar-refractivity contribution in [1.29, 1.82) is 0 Å². The summed E-state index contributed by atoms with van der Waals surface area (Å²) >= 11 is 0. The Morgan fingerprint density at radius 1 is 0.816 bits per heavy atom. The van der Waals surface area contributed by atoms with Crippen LogP contribution >= 0.6 is 0 Å². The van der Waals surface area contributed by atoms with Gasteiger partial charge in [0.25, 0.3) is 11.8 Å². The molecule has 1 saturated heterocycles. The SMILES string of the molecule is Cc1nn(-c2ccccc2)c(C)c1CN1CCN(C(=O)CCCCCN2C(=O)c3ccccc3C2=O)CC1. The lowest BCUT2D eigenvalue weighted by Gasteiger charge is -2.35. The Kier molecular flexibility index (Phi) is 7.69. The number of para-hydroxylation sites is 1. The van der Waals surface area contributed by atoms with Crippen molar-refractivity contribution in [3.63, 3.8) is 0 Å². The number of unbranched alkanes of at least 4 members (excludes halogenated alkanes) is 2. The Bertz CT molecular complexity index is 1290. The highest BCUT2D eigenvalue weighted by molar-refractivity contribution is 6.21. The van der Waals surface area contributed by atoms with E-state index in [0.717, 1.165) is 62.6 Å². The van der Waals surface area contributed by atoms with Gasteiger partial charge in [0.1, 0.15) is 0 Å². The Labute approximate surface area is 223 Å². The second kappa shape index (κ2) is 11.3. The zero-order valence-corrected chi connectivity index (χ0v) is 22.2. The summed E-state index contributed by atoms with van der Waals surface area (Å²) in [5, 5.41) is 4.77. The quantitative estimate of drug-likeness (QED) is 0.319. The third-order valence-electron chi connectivity index (χ3n) is 7.70. The molecule has 38 heavy (non-hydrogen) atoms. The van der Waals surface area contributed by atoms with Gasteiger partial charge in [0.05, 0.1) is 22.5 Å². The third-order valence-corrected chi connectivity index (χ3v) is 7.70. The number of piperazine rings is 1. The van der Waals surface area contributed by atoms with Crippen LogP contribution in [0, 0.1) is 13.8 Å². The molecule has 3 heterocycles. The first kappa shape index (κ1) is 25.9. The molecule has 0 atom stereocenters. The fourth-order valence-electron chi connectivity index (χ4n) is 5.43. The average molecular weight is 514 g/mol. The fourth-order valence-corrected chi connectivity index (χ4v) is 5.43. The van der Waals surface area contributed by atoms with E-state index in [4.69, 9.17) is 5.10 Å². The Hall–Kier alpha value is -3.78. The van der Waals surface area contributed by atoms with Crippen LogP contribution in [0.3, 0.4) is 0 Å². The summed E-state index contributed by atoms with van der Waals surface area (Å²) in [4.78, 5) is 43.4. The Balaban J connectivity index is 1.03. The van der Waals surface area contributed by atoms with Crippen molar-refractivity contribution in [3.05, 3.63) is 82.7 Å². The first-order chi connectivity index (χ1) is 18.4. The van der Waals surface area contributed by atoms with Gasteiger partial charge in [-0.25, -0.2) is 4.68 Å². The van der Waals surface area contributed by atoms with E-state index in [0.29, 0.717) is 30.5 Å². The van der Waals surface area contributed by atoms with Crippen molar-refractivity contribution in [2.75, 3.05) is 32.7 Å². The van der Waals surface area contributed by atoms with E-state index in [1.165, 1.54) is 10.5 Å². The van der Waals surface area contributed by atoms with E-state index in [9.17, 15) is 14.4 Å². The lowest BCUT2D eigenvalue weighted by atomic mass is 10.1. The predicted octanol–water partition coefficient (Wildman–Crippen LogP) is 3.99. The molecular formula is C30H35N5O3. The molecule has 2 aliphatic rings. The predicted molar refractivity (Wildman–Crippen MR) is 145 cm³/mol. The van der Waals surface area contributed by atoms with Crippen molar-refractivity contribution >= 4 is 17.7 Å². The number of fused-ring (bicyclic) bond motifs is 1. The number of hydrogen-bond acceptors (Lipinski definition) is 5. The van der Waals surface area contributed by atoms with Crippen LogP contribution in [0.5, 0.6) is 0 Å². The molecule has 8 nitrogen and oxygen atoms in total. The van der Waals surface area contributed by atoms with Gasteiger partial charge in [0.15, 0.2) is 0 Å². The normalized spacial score (nSPS) is 15.8. The molecule has 0 saturated carbocycles. The standard InChI is InChI=1S/C30H35N5O3/c1-22-27(23(2)35(31-22)24-11-5-3-6-12-24)21-32-17-19-33(20-18-32)28(36)15-7-4-10-16-34-29(37)25-13-8-9-14-26(25)30(34)38/h3,5-6,8-9,11-14H,4,7,10,15-21H2,1-2H3. The van der Waals surface area contributed by atoms with Crippen molar-refractivity contribution in [3.8, 4) is 5.69 Å². The Morgan fingerprint density at radius 3 is 2.11 bits per heavy atom. The lowest BCUT2D eigenvalue weighted by Crippen LogP contribution is -2.48. The average Bonchev–Trinajstić information content (AvgIpc) is 3.36. The van der Waals surface area contributed by atoms with Crippen LogP contribution in [-0.2, 0) is 11.3 Å². The van der Waals surface area contributed by atoms with Crippen LogP contribution in [-0.4, -0.2) is 74.9 Å². The molecule has 0 unspecified atom stereocenters. The minimum atomic E-state index is -0.211. The van der Waals surface area contributed by atoms with Gasteiger partial charge in [-0.1, -0.05) is 36.8 Å². The van der Waals surface area contributed by atoms with Gasteiger partial charge in [-0.3, -0.25) is 24.2 Å². The topological polar surface area (TPSA) is 78.8 Å². The van der Waals surface area contributed by atoms with E-state index in [1.54, 1.807) is 24.3 Å². The van der Waals surface area contributed by atoms with Crippen LogP contribution < -0.4 is 0 Å². The number of aryl methyl sites for hydroxylation is 1. The van der Waals surface area contributed by atoms with E-state index in [2.05, 4.69) is 30.9 Å². The summed E-state index contributed by atoms with van der Waals surface area (Å²) in [6.45, 7) is 8.59. The van der Waals surface area contributed by atoms with E-state index >= 15 is 0 Å². The molecule has 3 amide bonds. The van der Waals surface area contributed by atoms with Gasteiger partial charge >= 0.3 is 0 Å². The van der Waals surface area contributed by atoms with Crippen LogP contribution in [0.2, 0.25) is 0 Å². The minimum Gasteiger partial charge on any atom is -0.340 e. The molecule has 198 valence electrons. The molecule has 2 aliphatic heterocycles. The van der Waals surface area contributed by atoms with Crippen LogP contribution in [0.4, 0.5) is 0 Å². The van der Waals surface area contributed by atoms with Crippen LogP contribution in [0.1, 0.15) is 63.4 Å². The van der Waals surface area contributed by atoms with E-state index in [1.807, 2.05) is 27.8 Å². The molecule has 0 bridgehead atoms. The van der Waals surface area contributed by atoms with Gasteiger partial charge < -0.3 is 4.90 Å². The van der Waals surface area contributed by atoms with Crippen molar-refractivity contribution in [2.24, 2.45) is 0 Å². The molecular weight excluding hydrogens is 478 g/mol. The maximum Gasteiger partial charge on any atom is 0.261 e. The monoisotopic (exact) mass is 513 g/mol. The zero-order chi connectivity index (χ0) is 26.6. The summed E-state index contributed by atoms with van der Waals surface area (Å²) < 4.78 is 2.01. The highest BCUT2D eigenvalue weighted by atomic mass is 16.2. The molecule has 0 N–H and O–H groups in total. The summed E-state index contributed by atoms with van der Waals surface area (Å²) in [6.07, 6.45) is 2.79. The number of benzene rings is 2. The van der Waals surface area contributed by atoms with E-state index in [-0.39, 0.29) is 17.7 Å². The first-order valence-corrected chi connectivity index (χ1v) is 13.5. The molecule has 5 rings (SSSR count). The molecule has 0 radical (unpaired) electrons. The van der Waals surface area contributed by atoms with Gasteiger partial charge in [-0.2, -0.15) is 5.10 Å². The largest absolute Gasteiger partial charge is 0.340 e. The number of nitrogens with zero attached hydrogens (tertiary/aromatic N) is 5. The van der Waals surface area contributed by atoms with Gasteiger partial charge in [-0.15, -0.1) is 0 Å². The maximum absolute atomic E-state index is 12.8. The van der Waals surface area contributed by atoms with Crippen LogP contribution in [0.25, 0.3) is 5.69 Å². The van der Waals surface area contributed by atoms with Gasteiger partial charge in [0.2, 0.25) is 5.91 Å². The summed E-state index contributed by atoms with van der Waals surface area (Å²) in [6, 6.07) is 17.2. The van der Waals surface area contributed by atoms with Gasteiger partial charge in [-0.05, 0) is 51.0 Å². The first-order valence-electron chi connectivity index (χ1n) is 13.5. The highest BCUT2D eigenvalue weighted by Gasteiger charge is 2.34. The third kappa shape index (κ3) is 5.27. The number of amides is 3.